The van der Waals surface area contributed by atoms with Crippen LogP contribution < -0.4 is 10.2 Å². The van der Waals surface area contributed by atoms with Gasteiger partial charge in [-0.05, 0) is 38.3 Å². The summed E-state index contributed by atoms with van der Waals surface area (Å²) >= 11 is 0. The van der Waals surface area contributed by atoms with E-state index in [0.29, 0.717) is 38.4 Å². The summed E-state index contributed by atoms with van der Waals surface area (Å²) in [5.74, 6) is 0.369. The van der Waals surface area contributed by atoms with Crippen LogP contribution in [0.4, 0.5) is 23.1 Å². The zero-order valence-corrected chi connectivity index (χ0v) is 15.8. The van der Waals surface area contributed by atoms with Crippen molar-refractivity contribution in [2.75, 3.05) is 29.9 Å². The van der Waals surface area contributed by atoms with Gasteiger partial charge in [0.05, 0.1) is 17.4 Å². The molecule has 0 amide bonds. The van der Waals surface area contributed by atoms with Crippen LogP contribution in [0.25, 0.3) is 0 Å². The van der Waals surface area contributed by atoms with Gasteiger partial charge in [0.2, 0.25) is 11.6 Å². The van der Waals surface area contributed by atoms with E-state index < -0.39 is 4.92 Å². The number of nitro groups is 1. The standard InChI is InChI=1S/C18H22N6O4/c1-3-28-18(25)13-6-8-23(9-7-13)17-15(24(26)27)16(20-11-21-17)22-14-5-4-12(2)10-19-14/h4-5,10-11,13H,3,6-9H2,1-2H3,(H,19,20,21,22). The molecule has 0 atom stereocenters. The highest BCUT2D eigenvalue weighted by Gasteiger charge is 2.32. The predicted octanol–water partition coefficient (Wildman–Crippen LogP) is 2.61. The molecule has 2 aromatic heterocycles. The fraction of sp³-hybridized carbons (Fsp3) is 0.444. The maximum absolute atomic E-state index is 11.9. The zero-order valence-electron chi connectivity index (χ0n) is 15.8. The van der Waals surface area contributed by atoms with E-state index in [2.05, 4.69) is 20.3 Å². The molecule has 0 aromatic carbocycles. The zero-order chi connectivity index (χ0) is 20.1. The maximum Gasteiger partial charge on any atom is 0.353 e. The van der Waals surface area contributed by atoms with Crippen molar-refractivity contribution in [1.82, 2.24) is 15.0 Å². The van der Waals surface area contributed by atoms with Crippen LogP contribution in [0, 0.1) is 23.0 Å². The molecule has 1 aliphatic rings. The molecule has 0 aliphatic carbocycles. The topological polar surface area (TPSA) is 123 Å². The van der Waals surface area contributed by atoms with Crippen molar-refractivity contribution < 1.29 is 14.5 Å². The predicted molar refractivity (Wildman–Crippen MR) is 103 cm³/mol. The average Bonchev–Trinajstić information content (AvgIpc) is 2.69. The van der Waals surface area contributed by atoms with Crippen LogP contribution in [0.5, 0.6) is 0 Å². The third kappa shape index (κ3) is 4.33. The monoisotopic (exact) mass is 386 g/mol. The summed E-state index contributed by atoms with van der Waals surface area (Å²) in [7, 11) is 0. The van der Waals surface area contributed by atoms with Gasteiger partial charge < -0.3 is 15.0 Å². The Bertz CT molecular complexity index is 850. The number of aromatic nitrogens is 3. The number of hydrogen-bond donors (Lipinski definition) is 1. The van der Waals surface area contributed by atoms with Crippen LogP contribution in [-0.4, -0.2) is 45.5 Å². The molecule has 0 saturated carbocycles. The van der Waals surface area contributed by atoms with Crippen LogP contribution >= 0.6 is 0 Å². The van der Waals surface area contributed by atoms with Gasteiger partial charge in [0.25, 0.3) is 0 Å². The first-order valence-corrected chi connectivity index (χ1v) is 9.10. The molecule has 3 rings (SSSR count). The van der Waals surface area contributed by atoms with Crippen LogP contribution in [0.2, 0.25) is 0 Å². The molecule has 28 heavy (non-hydrogen) atoms. The second kappa shape index (κ2) is 8.59. The van der Waals surface area contributed by atoms with Gasteiger partial charge >= 0.3 is 11.7 Å². The molecule has 0 unspecified atom stereocenters. The molecule has 1 saturated heterocycles. The normalized spacial score (nSPS) is 14.6. The third-order valence-corrected chi connectivity index (χ3v) is 4.56. The van der Waals surface area contributed by atoms with Gasteiger partial charge in [-0.3, -0.25) is 14.9 Å². The van der Waals surface area contributed by atoms with Gasteiger partial charge in [0.1, 0.15) is 12.1 Å². The number of hydrogen-bond acceptors (Lipinski definition) is 9. The summed E-state index contributed by atoms with van der Waals surface area (Å²) in [6.45, 7) is 4.97. The quantitative estimate of drug-likeness (QED) is 0.453. The first-order chi connectivity index (χ1) is 13.5. The molecule has 1 aliphatic heterocycles. The lowest BCUT2D eigenvalue weighted by atomic mass is 9.97. The van der Waals surface area contributed by atoms with Crippen molar-refractivity contribution in [1.29, 1.82) is 0 Å². The van der Waals surface area contributed by atoms with E-state index >= 15 is 0 Å². The number of nitrogens with zero attached hydrogens (tertiary/aromatic N) is 5. The number of aryl methyl sites for hydroxylation is 1. The Kier molecular flexibility index (Phi) is 5.97. The molecule has 148 valence electrons. The Morgan fingerprint density at radius 3 is 2.68 bits per heavy atom. The number of carbonyl (C=O) groups excluding carboxylic acids is 1. The molecule has 3 heterocycles. The highest BCUT2D eigenvalue weighted by Crippen LogP contribution is 2.35. The molecule has 10 heteroatoms. The molecular formula is C18H22N6O4. The minimum atomic E-state index is -0.497. The molecule has 2 aromatic rings. The van der Waals surface area contributed by atoms with Crippen molar-refractivity contribution in [3.05, 3.63) is 40.3 Å². The van der Waals surface area contributed by atoms with Crippen LogP contribution in [0.15, 0.2) is 24.7 Å². The van der Waals surface area contributed by atoms with E-state index in [4.69, 9.17) is 4.74 Å². The summed E-state index contributed by atoms with van der Waals surface area (Å²) in [5, 5.41) is 14.7. The van der Waals surface area contributed by atoms with E-state index in [1.54, 1.807) is 19.2 Å². The highest BCUT2D eigenvalue weighted by atomic mass is 16.6. The van der Waals surface area contributed by atoms with Gasteiger partial charge in [-0.2, -0.15) is 0 Å². The number of pyridine rings is 1. The largest absolute Gasteiger partial charge is 0.466 e. The smallest absolute Gasteiger partial charge is 0.353 e. The van der Waals surface area contributed by atoms with Crippen LogP contribution in [0.1, 0.15) is 25.3 Å². The van der Waals surface area contributed by atoms with E-state index in [1.165, 1.54) is 6.33 Å². The first kappa shape index (κ1) is 19.5. The Morgan fingerprint density at radius 2 is 2.07 bits per heavy atom. The Balaban J connectivity index is 1.81. The molecule has 0 radical (unpaired) electrons. The fourth-order valence-corrected chi connectivity index (χ4v) is 3.11. The minimum absolute atomic E-state index is 0.0823. The molecule has 0 bridgehead atoms. The summed E-state index contributed by atoms with van der Waals surface area (Å²) in [6, 6.07) is 3.58. The molecule has 1 N–H and O–H groups in total. The summed E-state index contributed by atoms with van der Waals surface area (Å²) in [5.41, 5.74) is 0.771. The van der Waals surface area contributed by atoms with Gasteiger partial charge in [-0.1, -0.05) is 6.07 Å². The van der Waals surface area contributed by atoms with Crippen molar-refractivity contribution in [2.24, 2.45) is 5.92 Å². The van der Waals surface area contributed by atoms with Crippen molar-refractivity contribution in [3.8, 4) is 0 Å². The number of carbonyl (C=O) groups is 1. The fourth-order valence-electron chi connectivity index (χ4n) is 3.11. The Morgan fingerprint density at radius 1 is 1.32 bits per heavy atom. The SMILES string of the molecule is CCOC(=O)C1CCN(c2ncnc(Nc3ccc(C)cn3)c2[N+](=O)[O-])CC1. The van der Waals surface area contributed by atoms with Crippen LogP contribution in [0.3, 0.4) is 0 Å². The van der Waals surface area contributed by atoms with Gasteiger partial charge in [0, 0.05) is 19.3 Å². The Hall–Kier alpha value is -3.30. The summed E-state index contributed by atoms with van der Waals surface area (Å²) < 4.78 is 5.07. The van der Waals surface area contributed by atoms with E-state index in [9.17, 15) is 14.9 Å². The lowest BCUT2D eigenvalue weighted by Crippen LogP contribution is -2.37. The number of rotatable bonds is 6. The van der Waals surface area contributed by atoms with E-state index in [1.807, 2.05) is 17.9 Å². The lowest BCUT2D eigenvalue weighted by molar-refractivity contribution is -0.383. The number of piperidine rings is 1. The van der Waals surface area contributed by atoms with Crippen molar-refractivity contribution >= 4 is 29.1 Å². The van der Waals surface area contributed by atoms with E-state index in [-0.39, 0.29) is 29.2 Å². The second-order valence-corrected chi connectivity index (χ2v) is 6.51. The Labute approximate surface area is 162 Å². The number of ether oxygens (including phenoxy) is 1. The van der Waals surface area contributed by atoms with Crippen molar-refractivity contribution in [3.63, 3.8) is 0 Å². The number of anilines is 3. The highest BCUT2D eigenvalue weighted by molar-refractivity contribution is 5.75. The maximum atomic E-state index is 11.9. The number of esters is 1. The van der Waals surface area contributed by atoms with E-state index in [0.717, 1.165) is 5.56 Å². The lowest BCUT2D eigenvalue weighted by Gasteiger charge is -2.31. The van der Waals surface area contributed by atoms with Gasteiger partial charge in [-0.15, -0.1) is 0 Å². The minimum Gasteiger partial charge on any atom is -0.466 e. The average molecular weight is 386 g/mol. The molecule has 0 spiro atoms. The second-order valence-electron chi connectivity index (χ2n) is 6.51. The van der Waals surface area contributed by atoms with Crippen molar-refractivity contribution in [2.45, 2.75) is 26.7 Å². The molecular weight excluding hydrogens is 364 g/mol. The molecule has 1 fully saturated rings. The number of nitrogens with one attached hydrogen (secondary N) is 1. The first-order valence-electron chi connectivity index (χ1n) is 9.10. The summed E-state index contributed by atoms with van der Waals surface area (Å²) in [4.78, 5) is 37.4. The van der Waals surface area contributed by atoms with Crippen LogP contribution in [-0.2, 0) is 9.53 Å². The van der Waals surface area contributed by atoms with Gasteiger partial charge in [-0.25, -0.2) is 15.0 Å². The van der Waals surface area contributed by atoms with Gasteiger partial charge in [0.15, 0.2) is 0 Å². The summed E-state index contributed by atoms with van der Waals surface area (Å²) in [6.07, 6.45) is 4.07. The molecule has 10 nitrogen and oxygen atoms in total. The third-order valence-electron chi connectivity index (χ3n) is 4.56.